The van der Waals surface area contributed by atoms with Crippen LogP contribution in [-0.4, -0.2) is 0 Å². The average Bonchev–Trinajstić information content (AvgIpc) is 3.17. The molecule has 7 atom stereocenters. The molecule has 0 saturated heterocycles. The lowest BCUT2D eigenvalue weighted by Crippen LogP contribution is -2.53. The molecule has 0 aromatic carbocycles. The standard InChI is InChI=1S/C23H38/c1-4-16-6-8-19-18-7-5-17-9-12-23(13-14-23)15-22(17,3)20(18)10-11-21(16,19)2/h16-20H,4-15H2,1-3H3/t16-,17?,18-,19-,20-,21+,22-/m0/s1. The molecule has 5 aliphatic rings. The summed E-state index contributed by atoms with van der Waals surface area (Å²) >= 11 is 0. The Labute approximate surface area is 144 Å². The zero-order valence-electron chi connectivity index (χ0n) is 15.9. The van der Waals surface area contributed by atoms with Crippen LogP contribution in [-0.2, 0) is 0 Å². The Hall–Kier alpha value is 0. The highest BCUT2D eigenvalue weighted by molar-refractivity contribution is 5.12. The lowest BCUT2D eigenvalue weighted by Gasteiger charge is -2.61. The Kier molecular flexibility index (Phi) is 3.18. The summed E-state index contributed by atoms with van der Waals surface area (Å²) in [6.07, 6.45) is 18.8. The van der Waals surface area contributed by atoms with Crippen LogP contribution in [0.5, 0.6) is 0 Å². The molecule has 0 aromatic heterocycles. The number of rotatable bonds is 1. The third-order valence-corrected chi connectivity index (χ3v) is 10.5. The van der Waals surface area contributed by atoms with E-state index < -0.39 is 0 Å². The van der Waals surface area contributed by atoms with Gasteiger partial charge in [0, 0.05) is 0 Å². The van der Waals surface area contributed by atoms with E-state index in [2.05, 4.69) is 20.8 Å². The highest BCUT2D eigenvalue weighted by Gasteiger charge is 2.62. The first-order valence-electron chi connectivity index (χ1n) is 11.0. The van der Waals surface area contributed by atoms with Gasteiger partial charge in [0.05, 0.1) is 0 Å². The first-order valence-corrected chi connectivity index (χ1v) is 11.0. The predicted octanol–water partition coefficient (Wildman–Crippen LogP) is 6.84. The summed E-state index contributed by atoms with van der Waals surface area (Å²) in [5.74, 6) is 5.40. The quantitative estimate of drug-likeness (QED) is 0.497. The van der Waals surface area contributed by atoms with E-state index in [0.29, 0.717) is 5.41 Å². The van der Waals surface area contributed by atoms with Crippen molar-refractivity contribution in [3.05, 3.63) is 0 Å². The van der Waals surface area contributed by atoms with Crippen LogP contribution in [0.1, 0.15) is 97.8 Å². The Morgan fingerprint density at radius 1 is 0.739 bits per heavy atom. The Morgan fingerprint density at radius 2 is 1.52 bits per heavy atom. The average molecular weight is 315 g/mol. The van der Waals surface area contributed by atoms with E-state index in [4.69, 9.17) is 0 Å². The monoisotopic (exact) mass is 314 g/mol. The SMILES string of the molecule is CC[C@H]1CC[C@H]2[C@@H]3CCC4CCC5(CC5)C[C@]4(C)[C@H]3CC[C@]12C. The van der Waals surface area contributed by atoms with Gasteiger partial charge in [-0.15, -0.1) is 0 Å². The zero-order valence-corrected chi connectivity index (χ0v) is 15.9. The smallest absolute Gasteiger partial charge is 0.0261 e. The van der Waals surface area contributed by atoms with Gasteiger partial charge in [-0.2, -0.15) is 0 Å². The van der Waals surface area contributed by atoms with Gasteiger partial charge in [0.2, 0.25) is 0 Å². The van der Waals surface area contributed by atoms with Gasteiger partial charge < -0.3 is 0 Å². The molecule has 1 spiro atoms. The maximum Gasteiger partial charge on any atom is -0.0261 e. The molecular weight excluding hydrogens is 276 g/mol. The Bertz CT molecular complexity index is 488. The van der Waals surface area contributed by atoms with Crippen LogP contribution in [0.2, 0.25) is 0 Å². The first-order chi connectivity index (χ1) is 11.0. The molecule has 0 aliphatic heterocycles. The van der Waals surface area contributed by atoms with Crippen LogP contribution in [0.4, 0.5) is 0 Å². The van der Waals surface area contributed by atoms with Crippen LogP contribution in [0.3, 0.4) is 0 Å². The molecule has 5 aliphatic carbocycles. The number of fused-ring (bicyclic) bond motifs is 5. The fourth-order valence-electron chi connectivity index (χ4n) is 9.04. The van der Waals surface area contributed by atoms with Crippen LogP contribution in [0.15, 0.2) is 0 Å². The van der Waals surface area contributed by atoms with Gasteiger partial charge in [-0.3, -0.25) is 0 Å². The van der Waals surface area contributed by atoms with Gasteiger partial charge in [0.15, 0.2) is 0 Å². The van der Waals surface area contributed by atoms with Crippen molar-refractivity contribution in [1.29, 1.82) is 0 Å². The first kappa shape index (κ1) is 15.3. The van der Waals surface area contributed by atoms with Crippen LogP contribution >= 0.6 is 0 Å². The van der Waals surface area contributed by atoms with Crippen LogP contribution in [0, 0.1) is 45.8 Å². The largest absolute Gasteiger partial charge is 0.0651 e. The summed E-state index contributed by atoms with van der Waals surface area (Å²) in [7, 11) is 0. The predicted molar refractivity (Wildman–Crippen MR) is 97.2 cm³/mol. The lowest BCUT2D eigenvalue weighted by atomic mass is 9.43. The fraction of sp³-hybridized carbons (Fsp3) is 1.00. The van der Waals surface area contributed by atoms with E-state index in [1.807, 2.05) is 0 Å². The summed E-state index contributed by atoms with van der Waals surface area (Å²) in [6.45, 7) is 7.93. The van der Waals surface area contributed by atoms with E-state index in [1.165, 1.54) is 6.42 Å². The summed E-state index contributed by atoms with van der Waals surface area (Å²) in [5.41, 5.74) is 2.28. The molecule has 5 saturated carbocycles. The minimum absolute atomic E-state index is 0.713. The summed E-state index contributed by atoms with van der Waals surface area (Å²) in [4.78, 5) is 0. The van der Waals surface area contributed by atoms with Gasteiger partial charge >= 0.3 is 0 Å². The third kappa shape index (κ3) is 1.96. The van der Waals surface area contributed by atoms with Crippen molar-refractivity contribution in [2.75, 3.05) is 0 Å². The van der Waals surface area contributed by atoms with Crippen molar-refractivity contribution in [2.24, 2.45) is 45.8 Å². The van der Waals surface area contributed by atoms with E-state index in [9.17, 15) is 0 Å². The van der Waals surface area contributed by atoms with Gasteiger partial charge in [0.1, 0.15) is 0 Å². The molecule has 0 heterocycles. The van der Waals surface area contributed by atoms with Crippen molar-refractivity contribution in [3.8, 4) is 0 Å². The molecule has 0 nitrogen and oxygen atoms in total. The molecule has 23 heavy (non-hydrogen) atoms. The second kappa shape index (κ2) is 4.79. The molecule has 0 N–H and O–H groups in total. The highest BCUT2D eigenvalue weighted by atomic mass is 14.7. The maximum atomic E-state index is 2.77. The fourth-order valence-corrected chi connectivity index (χ4v) is 9.04. The minimum Gasteiger partial charge on any atom is -0.0651 e. The molecule has 1 unspecified atom stereocenters. The van der Waals surface area contributed by atoms with Crippen molar-refractivity contribution in [2.45, 2.75) is 97.8 Å². The molecule has 0 radical (unpaired) electrons. The van der Waals surface area contributed by atoms with Crippen molar-refractivity contribution in [1.82, 2.24) is 0 Å². The molecule has 0 bridgehead atoms. The Morgan fingerprint density at radius 3 is 2.26 bits per heavy atom. The van der Waals surface area contributed by atoms with Crippen LogP contribution < -0.4 is 0 Å². The molecule has 0 amide bonds. The van der Waals surface area contributed by atoms with Gasteiger partial charge in [0.25, 0.3) is 0 Å². The van der Waals surface area contributed by atoms with Crippen molar-refractivity contribution in [3.63, 3.8) is 0 Å². The molecule has 0 aromatic rings. The molecule has 5 rings (SSSR count). The normalized spacial score (nSPS) is 56.7. The molecule has 0 heteroatoms. The van der Waals surface area contributed by atoms with E-state index in [-0.39, 0.29) is 0 Å². The summed E-state index contributed by atoms with van der Waals surface area (Å²) in [6, 6.07) is 0. The second-order valence-electron chi connectivity index (χ2n) is 11.1. The third-order valence-electron chi connectivity index (χ3n) is 10.5. The lowest BCUT2D eigenvalue weighted by molar-refractivity contribution is -0.123. The Balaban J connectivity index is 1.45. The molecule has 5 fully saturated rings. The number of hydrogen-bond donors (Lipinski definition) is 0. The molecular formula is C23H38. The van der Waals surface area contributed by atoms with E-state index in [0.717, 1.165) is 40.4 Å². The summed E-state index contributed by atoms with van der Waals surface area (Å²) < 4.78 is 0. The highest BCUT2D eigenvalue weighted by Crippen LogP contribution is 2.72. The van der Waals surface area contributed by atoms with Crippen molar-refractivity contribution >= 4 is 0 Å². The van der Waals surface area contributed by atoms with Crippen molar-refractivity contribution < 1.29 is 0 Å². The van der Waals surface area contributed by atoms with Gasteiger partial charge in [-0.25, -0.2) is 0 Å². The maximum absolute atomic E-state index is 2.77. The van der Waals surface area contributed by atoms with Gasteiger partial charge in [-0.05, 0) is 116 Å². The molecule has 130 valence electrons. The minimum atomic E-state index is 0.713. The second-order valence-corrected chi connectivity index (χ2v) is 11.1. The van der Waals surface area contributed by atoms with Gasteiger partial charge in [-0.1, -0.05) is 27.2 Å². The van der Waals surface area contributed by atoms with E-state index in [1.54, 1.807) is 70.6 Å². The zero-order chi connectivity index (χ0) is 15.9. The van der Waals surface area contributed by atoms with E-state index >= 15 is 0 Å². The van der Waals surface area contributed by atoms with Crippen LogP contribution in [0.25, 0.3) is 0 Å². The topological polar surface area (TPSA) is 0 Å². The summed E-state index contributed by atoms with van der Waals surface area (Å²) in [5, 5.41) is 0. The number of hydrogen-bond acceptors (Lipinski definition) is 0.